The van der Waals surface area contributed by atoms with E-state index in [2.05, 4.69) is 216 Å². The van der Waals surface area contributed by atoms with Gasteiger partial charge in [0, 0.05) is 52.4 Å². The summed E-state index contributed by atoms with van der Waals surface area (Å²) in [6, 6.07) is 70.2. The minimum absolute atomic E-state index is 0.867. The molecule has 0 fully saturated rings. The molecule has 8 aromatic carbocycles. The first-order chi connectivity index (χ1) is 28.7. The molecule has 0 atom stereocenters. The summed E-state index contributed by atoms with van der Waals surface area (Å²) < 4.78 is 11.9. The van der Waals surface area contributed by atoms with E-state index < -0.39 is 10.0 Å². The van der Waals surface area contributed by atoms with Gasteiger partial charge in [0.1, 0.15) is 5.58 Å². The van der Waals surface area contributed by atoms with E-state index in [-0.39, 0.29) is 0 Å². The summed E-state index contributed by atoms with van der Waals surface area (Å²) in [6.07, 6.45) is 3.88. The molecule has 0 radical (unpaired) electrons. The monoisotopic (exact) mass is 762 g/mol. The van der Waals surface area contributed by atoms with Crippen LogP contribution in [0.4, 0.5) is 0 Å². The molecule has 0 unspecified atom stereocenters. The molecule has 0 N–H and O–H groups in total. The molecule has 3 aromatic heterocycles. The van der Waals surface area contributed by atoms with Gasteiger partial charge in [0.2, 0.25) is 0 Å². The average molecular weight is 763 g/mol. The predicted molar refractivity (Wildman–Crippen MR) is 245 cm³/mol. The lowest BCUT2D eigenvalue weighted by Crippen LogP contribution is -2.06. The van der Waals surface area contributed by atoms with Crippen molar-refractivity contribution in [3.05, 3.63) is 219 Å². The highest BCUT2D eigenvalue weighted by molar-refractivity contribution is 8.34. The molecule has 3 nitrogen and oxygen atoms in total. The Balaban J connectivity index is 1.24. The van der Waals surface area contributed by atoms with Crippen LogP contribution in [0.3, 0.4) is 0 Å². The van der Waals surface area contributed by atoms with Crippen LogP contribution < -0.4 is 0 Å². The number of fused-ring (bicyclic) bond motifs is 7. The SMILES string of the molecule is C=Cc1c(C=C)n(-c2ccc3c(c2)c2ccccc2n3-c2ccc(S(c3ccccc3)(c3ccccc3)c3ccccc3)c3oc4ccccc4c23)c2ccccc12. The zero-order valence-electron chi connectivity index (χ0n) is 31.8. The predicted octanol–water partition coefficient (Wildman–Crippen LogP) is 15.3. The van der Waals surface area contributed by atoms with Crippen molar-refractivity contribution < 1.29 is 4.42 Å². The minimum Gasteiger partial charge on any atom is -0.455 e. The molecule has 0 amide bonds. The summed E-state index contributed by atoms with van der Waals surface area (Å²) in [4.78, 5) is 4.93. The van der Waals surface area contributed by atoms with E-state index in [1.807, 2.05) is 12.2 Å². The van der Waals surface area contributed by atoms with Crippen molar-refractivity contribution in [3.8, 4) is 11.4 Å². The summed E-state index contributed by atoms with van der Waals surface area (Å²) in [6.45, 7) is 8.40. The molecule has 0 aliphatic rings. The van der Waals surface area contributed by atoms with Crippen molar-refractivity contribution in [2.24, 2.45) is 0 Å². The van der Waals surface area contributed by atoms with Crippen LogP contribution in [0.2, 0.25) is 0 Å². The van der Waals surface area contributed by atoms with E-state index in [1.165, 1.54) is 30.4 Å². The number of hydrogen-bond donors (Lipinski definition) is 0. The Hall–Kier alpha value is -7.27. The third-order valence-electron chi connectivity index (χ3n) is 11.6. The van der Waals surface area contributed by atoms with Crippen molar-refractivity contribution in [1.29, 1.82) is 0 Å². The Morgan fingerprint density at radius 3 is 1.60 bits per heavy atom. The molecule has 4 heteroatoms. The molecular formula is C54H38N2OS. The lowest BCUT2D eigenvalue weighted by Gasteiger charge is -2.42. The molecule has 11 aromatic rings. The largest absolute Gasteiger partial charge is 0.455 e. The number of furan rings is 1. The number of para-hydroxylation sites is 3. The Morgan fingerprint density at radius 1 is 0.448 bits per heavy atom. The molecule has 276 valence electrons. The summed E-state index contributed by atoms with van der Waals surface area (Å²) in [7, 11) is -2.04. The zero-order chi connectivity index (χ0) is 38.8. The fourth-order valence-electron chi connectivity index (χ4n) is 9.22. The van der Waals surface area contributed by atoms with Crippen molar-refractivity contribution in [2.45, 2.75) is 19.6 Å². The molecule has 11 rings (SSSR count). The highest BCUT2D eigenvalue weighted by atomic mass is 32.3. The Kier molecular flexibility index (Phi) is 7.88. The van der Waals surface area contributed by atoms with E-state index in [0.29, 0.717) is 0 Å². The second-order valence-corrected chi connectivity index (χ2v) is 17.6. The van der Waals surface area contributed by atoms with Crippen LogP contribution in [0, 0.1) is 0 Å². The van der Waals surface area contributed by atoms with Gasteiger partial charge in [-0.05, 0) is 91.0 Å². The van der Waals surface area contributed by atoms with E-state index >= 15 is 0 Å². The summed E-state index contributed by atoms with van der Waals surface area (Å²) in [5.41, 5.74) is 9.42. The van der Waals surface area contributed by atoms with Gasteiger partial charge in [-0.15, -0.1) is 10.0 Å². The number of nitrogens with zero attached hydrogens (tertiary/aromatic N) is 2. The molecule has 0 saturated heterocycles. The maximum atomic E-state index is 7.16. The van der Waals surface area contributed by atoms with Gasteiger partial charge in [-0.2, -0.15) is 0 Å². The topological polar surface area (TPSA) is 23.0 Å². The van der Waals surface area contributed by atoms with Gasteiger partial charge < -0.3 is 13.6 Å². The van der Waals surface area contributed by atoms with Crippen molar-refractivity contribution >= 4 is 76.8 Å². The minimum atomic E-state index is -2.04. The van der Waals surface area contributed by atoms with Crippen LogP contribution in [0.15, 0.2) is 231 Å². The summed E-state index contributed by atoms with van der Waals surface area (Å²) >= 11 is 0. The summed E-state index contributed by atoms with van der Waals surface area (Å²) in [5.74, 6) is 0. The van der Waals surface area contributed by atoms with Crippen LogP contribution in [0.25, 0.3) is 78.2 Å². The lowest BCUT2D eigenvalue weighted by atomic mass is 10.1. The molecule has 0 bridgehead atoms. The zero-order valence-corrected chi connectivity index (χ0v) is 32.6. The molecule has 58 heavy (non-hydrogen) atoms. The molecule has 0 saturated carbocycles. The maximum absolute atomic E-state index is 7.16. The van der Waals surface area contributed by atoms with Crippen molar-refractivity contribution in [1.82, 2.24) is 9.13 Å². The van der Waals surface area contributed by atoms with Gasteiger partial charge >= 0.3 is 0 Å². The normalized spacial score (nSPS) is 12.2. The average Bonchev–Trinajstić information content (AvgIpc) is 3.95. The van der Waals surface area contributed by atoms with Gasteiger partial charge in [0.25, 0.3) is 0 Å². The van der Waals surface area contributed by atoms with Gasteiger partial charge in [0.15, 0.2) is 5.58 Å². The summed E-state index contributed by atoms with van der Waals surface area (Å²) in [5, 5.41) is 5.70. The van der Waals surface area contributed by atoms with Crippen LogP contribution >= 0.6 is 10.0 Å². The smallest absolute Gasteiger partial charge is 0.150 e. The highest BCUT2D eigenvalue weighted by Gasteiger charge is 2.37. The lowest BCUT2D eigenvalue weighted by molar-refractivity contribution is 0.659. The van der Waals surface area contributed by atoms with Crippen LogP contribution in [-0.2, 0) is 0 Å². The Bertz CT molecular complexity index is 3270. The molecule has 0 aliphatic carbocycles. The third-order valence-corrected chi connectivity index (χ3v) is 15.5. The first-order valence-electron chi connectivity index (χ1n) is 19.6. The quantitative estimate of drug-likeness (QED) is 0.151. The van der Waals surface area contributed by atoms with Gasteiger partial charge in [-0.3, -0.25) is 0 Å². The second kappa shape index (κ2) is 13.4. The van der Waals surface area contributed by atoms with E-state index in [1.54, 1.807) is 0 Å². The van der Waals surface area contributed by atoms with Crippen LogP contribution in [-0.4, -0.2) is 9.13 Å². The fraction of sp³-hybridized carbons (Fsp3) is 0. The molecular weight excluding hydrogens is 725 g/mol. The van der Waals surface area contributed by atoms with Gasteiger partial charge in [-0.25, -0.2) is 0 Å². The third kappa shape index (κ3) is 4.82. The van der Waals surface area contributed by atoms with E-state index in [9.17, 15) is 0 Å². The number of aromatic nitrogens is 2. The Morgan fingerprint density at radius 2 is 0.983 bits per heavy atom. The van der Waals surface area contributed by atoms with Gasteiger partial charge in [0.05, 0.1) is 33.3 Å². The first kappa shape index (κ1) is 34.0. The first-order valence-corrected chi connectivity index (χ1v) is 21.2. The molecule has 0 aliphatic heterocycles. The van der Waals surface area contributed by atoms with E-state index in [4.69, 9.17) is 4.42 Å². The van der Waals surface area contributed by atoms with Crippen LogP contribution in [0.5, 0.6) is 0 Å². The van der Waals surface area contributed by atoms with Crippen LogP contribution in [0.1, 0.15) is 11.3 Å². The number of rotatable bonds is 8. The highest BCUT2D eigenvalue weighted by Crippen LogP contribution is 2.74. The molecule has 3 heterocycles. The maximum Gasteiger partial charge on any atom is 0.150 e. The standard InChI is InChI=1S/C54H38N2OS/c1-3-41-42-26-14-17-29-47(42)55(46(41)4-2)37-32-33-49-45(36-37)43-27-15-18-30-48(43)56(49)50-34-35-52(54-53(50)44-28-16-19-31-51(44)57-54)58(38-20-8-5-9-21-38,39-22-10-6-11-23-39)40-24-12-7-13-25-40/h3-36H,1-2H2. The number of hydrogen-bond acceptors (Lipinski definition) is 1. The number of benzene rings is 8. The van der Waals surface area contributed by atoms with Gasteiger partial charge in [-0.1, -0.05) is 128 Å². The fourth-order valence-corrected chi connectivity index (χ4v) is 13.2. The Labute approximate surface area is 338 Å². The van der Waals surface area contributed by atoms with E-state index in [0.717, 1.165) is 66.5 Å². The second-order valence-electron chi connectivity index (χ2n) is 14.6. The molecule has 0 spiro atoms. The van der Waals surface area contributed by atoms with Crippen molar-refractivity contribution in [2.75, 3.05) is 0 Å². The van der Waals surface area contributed by atoms with Crippen molar-refractivity contribution in [3.63, 3.8) is 0 Å².